The zero-order valence-electron chi connectivity index (χ0n) is 19.4. The number of nitrogens with one attached hydrogen (secondary N) is 1. The lowest BCUT2D eigenvalue weighted by atomic mass is 9.84. The van der Waals surface area contributed by atoms with Gasteiger partial charge in [-0.15, -0.1) is 0 Å². The molecule has 1 aliphatic rings. The van der Waals surface area contributed by atoms with Gasteiger partial charge in [0.25, 0.3) is 0 Å². The molecule has 1 aromatic carbocycles. The van der Waals surface area contributed by atoms with Gasteiger partial charge in [0.05, 0.1) is 18.4 Å². The number of rotatable bonds is 9. The first-order chi connectivity index (χ1) is 15.1. The summed E-state index contributed by atoms with van der Waals surface area (Å²) in [6, 6.07) is 8.11. The molecule has 2 atom stereocenters. The smallest absolute Gasteiger partial charge is 0.304 e. The molecule has 2 aromatic rings. The highest BCUT2D eigenvalue weighted by Gasteiger charge is 2.33. The van der Waals surface area contributed by atoms with E-state index in [0.717, 1.165) is 48.3 Å². The van der Waals surface area contributed by atoms with Crippen LogP contribution in [0.15, 0.2) is 28.7 Å². The largest absolute Gasteiger partial charge is 0.481 e. The second-order valence-corrected chi connectivity index (χ2v) is 9.56. The number of benzene rings is 1. The van der Waals surface area contributed by atoms with Crippen LogP contribution in [0, 0.1) is 25.2 Å². The Morgan fingerprint density at radius 2 is 2.06 bits per heavy atom. The van der Waals surface area contributed by atoms with Crippen LogP contribution >= 0.6 is 0 Å². The predicted molar refractivity (Wildman–Crippen MR) is 121 cm³/mol. The van der Waals surface area contributed by atoms with E-state index in [1.807, 2.05) is 38.1 Å². The highest BCUT2D eigenvalue weighted by molar-refractivity contribution is 5.86. The van der Waals surface area contributed by atoms with Gasteiger partial charge in [-0.05, 0) is 51.2 Å². The van der Waals surface area contributed by atoms with Gasteiger partial charge in [0, 0.05) is 18.2 Å². The highest BCUT2D eigenvalue weighted by atomic mass is 16.5. The number of nitrogens with zero attached hydrogens (tertiary/aromatic N) is 1. The lowest BCUT2D eigenvalue weighted by Crippen LogP contribution is -2.45. The van der Waals surface area contributed by atoms with Crippen molar-refractivity contribution in [1.82, 2.24) is 10.3 Å². The van der Waals surface area contributed by atoms with Gasteiger partial charge in [-0.25, -0.2) is 4.98 Å². The normalized spacial score (nSPS) is 19.0. The fourth-order valence-electron chi connectivity index (χ4n) is 4.20. The fraction of sp³-hybridized carbons (Fsp3) is 0.560. The topological polar surface area (TPSA) is 102 Å². The van der Waals surface area contributed by atoms with Crippen molar-refractivity contribution in [2.24, 2.45) is 11.3 Å². The molecule has 32 heavy (non-hydrogen) atoms. The van der Waals surface area contributed by atoms with Gasteiger partial charge in [-0.3, -0.25) is 9.59 Å². The van der Waals surface area contributed by atoms with E-state index < -0.39 is 11.4 Å². The molecule has 0 radical (unpaired) electrons. The van der Waals surface area contributed by atoms with Crippen molar-refractivity contribution < 1.29 is 23.8 Å². The molecular weight excluding hydrogens is 408 g/mol. The predicted octanol–water partition coefficient (Wildman–Crippen LogP) is 4.65. The summed E-state index contributed by atoms with van der Waals surface area (Å²) in [6.07, 6.45) is 3.63. The number of aryl methyl sites for hydroxylation is 2. The van der Waals surface area contributed by atoms with E-state index in [9.17, 15) is 9.59 Å². The summed E-state index contributed by atoms with van der Waals surface area (Å²) < 4.78 is 11.8. The minimum absolute atomic E-state index is 0.0552. The van der Waals surface area contributed by atoms with Crippen molar-refractivity contribution in [3.05, 3.63) is 41.3 Å². The fourth-order valence-corrected chi connectivity index (χ4v) is 4.20. The quantitative estimate of drug-likeness (QED) is 0.586. The minimum Gasteiger partial charge on any atom is -0.481 e. The van der Waals surface area contributed by atoms with Crippen LogP contribution in [0.25, 0.3) is 11.5 Å². The van der Waals surface area contributed by atoms with E-state index in [4.69, 9.17) is 14.3 Å². The molecule has 0 spiro atoms. The highest BCUT2D eigenvalue weighted by Crippen LogP contribution is 2.28. The Morgan fingerprint density at radius 3 is 2.78 bits per heavy atom. The maximum absolute atomic E-state index is 12.5. The Kier molecular flexibility index (Phi) is 7.72. The first-order valence-corrected chi connectivity index (χ1v) is 11.3. The average molecular weight is 443 g/mol. The molecule has 0 bridgehead atoms. The molecular formula is C25H34N2O5. The van der Waals surface area contributed by atoms with E-state index in [1.54, 1.807) is 13.8 Å². The maximum atomic E-state index is 12.5. The number of oxazole rings is 1. The Bertz CT molecular complexity index is 950. The monoisotopic (exact) mass is 442 g/mol. The van der Waals surface area contributed by atoms with Gasteiger partial charge in [0.15, 0.2) is 0 Å². The lowest BCUT2D eigenvalue weighted by molar-refractivity contribution is -0.144. The molecule has 1 aliphatic carbocycles. The van der Waals surface area contributed by atoms with E-state index >= 15 is 0 Å². The molecule has 1 fully saturated rings. The molecule has 7 heteroatoms. The Hall–Kier alpha value is -2.67. The minimum atomic E-state index is -0.964. The molecule has 3 rings (SSSR count). The Labute approximate surface area is 189 Å². The number of carboxylic acids is 1. The molecule has 2 unspecified atom stereocenters. The molecule has 1 saturated carbocycles. The summed E-state index contributed by atoms with van der Waals surface area (Å²) in [6.45, 7) is 8.26. The number of aromatic nitrogens is 1. The molecule has 1 amide bonds. The van der Waals surface area contributed by atoms with Crippen LogP contribution in [-0.4, -0.2) is 34.6 Å². The second kappa shape index (κ2) is 10.3. The van der Waals surface area contributed by atoms with Crippen LogP contribution in [0.4, 0.5) is 0 Å². The molecule has 0 aliphatic heterocycles. The van der Waals surface area contributed by atoms with Crippen LogP contribution in [0.5, 0.6) is 0 Å². The summed E-state index contributed by atoms with van der Waals surface area (Å²) in [7, 11) is 0. The van der Waals surface area contributed by atoms with Gasteiger partial charge >= 0.3 is 5.97 Å². The van der Waals surface area contributed by atoms with Crippen molar-refractivity contribution >= 4 is 11.9 Å². The number of hydrogen-bond acceptors (Lipinski definition) is 5. The third-order valence-electron chi connectivity index (χ3n) is 6.08. The van der Waals surface area contributed by atoms with Gasteiger partial charge < -0.3 is 19.6 Å². The van der Waals surface area contributed by atoms with Crippen molar-refractivity contribution in [1.29, 1.82) is 0 Å². The number of ether oxygens (including phenoxy) is 1. The summed E-state index contributed by atoms with van der Waals surface area (Å²) in [5.41, 5.74) is 1.99. The van der Waals surface area contributed by atoms with Crippen molar-refractivity contribution in [2.45, 2.75) is 72.4 Å². The Morgan fingerprint density at radius 1 is 1.28 bits per heavy atom. The van der Waals surface area contributed by atoms with E-state index in [-0.39, 0.29) is 18.4 Å². The molecule has 1 heterocycles. The molecule has 1 aromatic heterocycles. The van der Waals surface area contributed by atoms with Crippen LogP contribution in [0.1, 0.15) is 63.0 Å². The molecule has 7 nitrogen and oxygen atoms in total. The lowest BCUT2D eigenvalue weighted by Gasteiger charge is -2.32. The van der Waals surface area contributed by atoms with Crippen LogP contribution in [0.3, 0.4) is 0 Å². The van der Waals surface area contributed by atoms with E-state index in [1.165, 1.54) is 0 Å². The van der Waals surface area contributed by atoms with E-state index in [2.05, 4.69) is 10.3 Å². The number of carboxylic acid groups (broad SMARTS) is 1. The molecule has 2 N–H and O–H groups in total. The second-order valence-electron chi connectivity index (χ2n) is 9.56. The number of aliphatic carboxylic acids is 1. The van der Waals surface area contributed by atoms with Gasteiger partial charge in [-0.2, -0.15) is 0 Å². The zero-order chi connectivity index (χ0) is 23.3. The third kappa shape index (κ3) is 6.42. The van der Waals surface area contributed by atoms with E-state index in [0.29, 0.717) is 25.0 Å². The first-order valence-electron chi connectivity index (χ1n) is 11.3. The number of carbonyl (C=O) groups is 2. The summed E-state index contributed by atoms with van der Waals surface area (Å²) in [5.74, 6) is 0.549. The van der Waals surface area contributed by atoms with Gasteiger partial charge in [0.2, 0.25) is 11.8 Å². The third-order valence-corrected chi connectivity index (χ3v) is 6.08. The standard InChI is InChI=1S/C25H34N2O5/c1-16-7-5-9-19(11-16)23-27-21(17(2)32-23)15-31-14-18-8-6-10-20(12-18)26-24(30)25(3,4)13-22(28)29/h5,7,9,11,18,20H,6,8,10,12-15H2,1-4H3,(H,26,30)(H,28,29). The van der Waals surface area contributed by atoms with Crippen molar-refractivity contribution in [3.63, 3.8) is 0 Å². The van der Waals surface area contributed by atoms with Crippen molar-refractivity contribution in [3.8, 4) is 11.5 Å². The summed E-state index contributed by atoms with van der Waals surface area (Å²) >= 11 is 0. The summed E-state index contributed by atoms with van der Waals surface area (Å²) in [4.78, 5) is 28.2. The number of hydrogen-bond donors (Lipinski definition) is 2. The van der Waals surface area contributed by atoms with Crippen LogP contribution in [0.2, 0.25) is 0 Å². The average Bonchev–Trinajstić information content (AvgIpc) is 3.08. The Balaban J connectivity index is 1.49. The van der Waals surface area contributed by atoms with Gasteiger partial charge in [0.1, 0.15) is 11.5 Å². The first kappa shape index (κ1) is 24.0. The van der Waals surface area contributed by atoms with Crippen LogP contribution < -0.4 is 5.32 Å². The summed E-state index contributed by atoms with van der Waals surface area (Å²) in [5, 5.41) is 12.1. The van der Waals surface area contributed by atoms with Gasteiger partial charge in [-0.1, -0.05) is 38.0 Å². The SMILES string of the molecule is Cc1cccc(-c2nc(COCC3CCCC(NC(=O)C(C)(C)CC(=O)O)C3)c(C)o2)c1. The zero-order valence-corrected chi connectivity index (χ0v) is 19.4. The maximum Gasteiger partial charge on any atom is 0.304 e. The molecule has 0 saturated heterocycles. The number of carbonyl (C=O) groups excluding carboxylic acids is 1. The number of amides is 1. The van der Waals surface area contributed by atoms with Crippen LogP contribution in [-0.2, 0) is 20.9 Å². The van der Waals surface area contributed by atoms with Crippen molar-refractivity contribution in [2.75, 3.05) is 6.61 Å². The molecule has 174 valence electrons.